The molecule has 0 radical (unpaired) electrons. The van der Waals surface area contributed by atoms with Gasteiger partial charge in [-0.05, 0) is 24.5 Å². The van der Waals surface area contributed by atoms with Crippen molar-refractivity contribution in [1.29, 1.82) is 0 Å². The molecule has 3 unspecified atom stereocenters. The van der Waals surface area contributed by atoms with Gasteiger partial charge in [0.05, 0.1) is 0 Å². The summed E-state index contributed by atoms with van der Waals surface area (Å²) in [6.45, 7) is 2.26. The first-order valence-electron chi connectivity index (χ1n) is 11.9. The summed E-state index contributed by atoms with van der Waals surface area (Å²) in [5, 5.41) is 30.1. The first-order valence-corrected chi connectivity index (χ1v) is 11.9. The Labute approximate surface area is 177 Å². The molecule has 29 heavy (non-hydrogen) atoms. The van der Waals surface area contributed by atoms with Gasteiger partial charge in [0.15, 0.2) is 0 Å². The Morgan fingerprint density at radius 3 is 1.83 bits per heavy atom. The highest BCUT2D eigenvalue weighted by Gasteiger charge is 2.59. The molecule has 0 amide bonds. The monoisotopic (exact) mass is 406 g/mol. The highest BCUT2D eigenvalue weighted by Crippen LogP contribution is 2.43. The Hall–Kier alpha value is -1.10. The van der Waals surface area contributed by atoms with Crippen LogP contribution in [0.4, 0.5) is 0 Å². The minimum atomic E-state index is -1.45. The largest absolute Gasteiger partial charge is 0.508 e. The summed E-state index contributed by atoms with van der Waals surface area (Å²) in [5.74, 6) is -1.40. The number of aromatic hydroxyl groups is 1. The second kappa shape index (κ2) is 13.3. The van der Waals surface area contributed by atoms with E-state index in [0.717, 1.165) is 24.8 Å². The van der Waals surface area contributed by atoms with E-state index in [-0.39, 0.29) is 11.7 Å². The van der Waals surface area contributed by atoms with Crippen LogP contribution in [0.25, 0.3) is 0 Å². The van der Waals surface area contributed by atoms with Crippen LogP contribution < -0.4 is 0 Å². The third-order valence-corrected chi connectivity index (χ3v) is 6.30. The van der Waals surface area contributed by atoms with Gasteiger partial charge < -0.3 is 20.1 Å². The van der Waals surface area contributed by atoms with E-state index in [1.807, 2.05) is 12.1 Å². The molecule has 166 valence electrons. The lowest BCUT2D eigenvalue weighted by Crippen LogP contribution is -2.28. The molecule has 1 saturated heterocycles. The minimum Gasteiger partial charge on any atom is -0.508 e. The van der Waals surface area contributed by atoms with E-state index in [2.05, 4.69) is 6.92 Å². The predicted octanol–water partition coefficient (Wildman–Crippen LogP) is 6.07. The lowest BCUT2D eigenvalue weighted by molar-refractivity contribution is -0.0239. The first-order chi connectivity index (χ1) is 14.1. The van der Waals surface area contributed by atoms with Crippen molar-refractivity contribution in [2.24, 2.45) is 5.92 Å². The van der Waals surface area contributed by atoms with Crippen LogP contribution in [-0.2, 0) is 11.2 Å². The summed E-state index contributed by atoms with van der Waals surface area (Å²) in [4.78, 5) is 0. The van der Waals surface area contributed by atoms with Crippen molar-refractivity contribution in [3.63, 3.8) is 0 Å². The highest BCUT2D eigenvalue weighted by atomic mass is 16.8. The number of aliphatic hydroxyl groups excluding tert-OH is 1. The number of epoxide rings is 1. The molecule has 1 aromatic carbocycles. The van der Waals surface area contributed by atoms with Crippen molar-refractivity contribution in [2.45, 2.75) is 115 Å². The number of hydrogen-bond acceptors (Lipinski definition) is 4. The molecular formula is C25H42O4. The molecule has 2 rings (SSSR count). The summed E-state index contributed by atoms with van der Waals surface area (Å²) in [6, 6.07) is 7.19. The summed E-state index contributed by atoms with van der Waals surface area (Å²) >= 11 is 0. The third-order valence-electron chi connectivity index (χ3n) is 6.30. The van der Waals surface area contributed by atoms with Gasteiger partial charge in [0.2, 0.25) is 12.1 Å². The molecule has 3 atom stereocenters. The van der Waals surface area contributed by atoms with Crippen LogP contribution in [0, 0.1) is 5.92 Å². The second-order valence-corrected chi connectivity index (χ2v) is 8.78. The molecule has 3 N–H and O–H groups in total. The van der Waals surface area contributed by atoms with Gasteiger partial charge >= 0.3 is 0 Å². The number of benzene rings is 1. The molecule has 1 aliphatic rings. The zero-order valence-electron chi connectivity index (χ0n) is 18.3. The lowest BCUT2D eigenvalue weighted by Gasteiger charge is -2.20. The van der Waals surface area contributed by atoms with E-state index >= 15 is 0 Å². The molecule has 0 aliphatic carbocycles. The Morgan fingerprint density at radius 2 is 1.34 bits per heavy atom. The Bertz CT molecular complexity index is 562. The van der Waals surface area contributed by atoms with Crippen molar-refractivity contribution in [2.75, 3.05) is 0 Å². The van der Waals surface area contributed by atoms with Crippen LogP contribution in [0.5, 0.6) is 5.75 Å². The van der Waals surface area contributed by atoms with Crippen LogP contribution in [0.15, 0.2) is 24.3 Å². The smallest absolute Gasteiger partial charge is 0.223 e. The van der Waals surface area contributed by atoms with Crippen LogP contribution in [0.1, 0.15) is 102 Å². The maximum Gasteiger partial charge on any atom is 0.223 e. The topological polar surface area (TPSA) is 73.2 Å². The minimum absolute atomic E-state index is 0.196. The van der Waals surface area contributed by atoms with Gasteiger partial charge in [-0.15, -0.1) is 0 Å². The van der Waals surface area contributed by atoms with Crippen molar-refractivity contribution < 1.29 is 20.1 Å². The molecular weight excluding hydrogens is 364 g/mol. The standard InChI is InChI=1S/C25H42O4/c1-2-3-4-5-6-7-8-9-10-11-12-13-14-18-22(25(28)24(27)29-25)20-21-17-15-16-19-23(21)26/h15-17,19,22,24,26-28H,2-14,18,20H2,1H3. The van der Waals surface area contributed by atoms with Crippen molar-refractivity contribution >= 4 is 0 Å². The van der Waals surface area contributed by atoms with E-state index in [0.29, 0.717) is 6.42 Å². The maximum absolute atomic E-state index is 10.4. The molecule has 4 nitrogen and oxygen atoms in total. The number of ether oxygens (including phenoxy) is 1. The average Bonchev–Trinajstić information content (AvgIpc) is 3.33. The third kappa shape index (κ3) is 8.65. The zero-order valence-corrected chi connectivity index (χ0v) is 18.3. The van der Waals surface area contributed by atoms with Gasteiger partial charge in [-0.25, -0.2) is 0 Å². The van der Waals surface area contributed by atoms with Gasteiger partial charge in [0.25, 0.3) is 0 Å². The fourth-order valence-electron chi connectivity index (χ4n) is 4.26. The highest BCUT2D eigenvalue weighted by molar-refractivity contribution is 5.32. The number of para-hydroxylation sites is 1. The normalized spacial score (nSPS) is 22.0. The lowest BCUT2D eigenvalue weighted by atomic mass is 9.88. The van der Waals surface area contributed by atoms with Crippen LogP contribution >= 0.6 is 0 Å². The zero-order chi connectivity index (χ0) is 21.0. The Kier molecular flexibility index (Phi) is 11.0. The van der Waals surface area contributed by atoms with Crippen LogP contribution in [0.3, 0.4) is 0 Å². The first kappa shape index (κ1) is 24.2. The molecule has 0 spiro atoms. The molecule has 4 heteroatoms. The van der Waals surface area contributed by atoms with Gasteiger partial charge in [0, 0.05) is 5.92 Å². The number of phenolic OH excluding ortho intramolecular Hbond substituents is 1. The SMILES string of the molecule is CCCCCCCCCCCCCCCC(Cc1ccccc1O)C1(O)OC1O. The molecule has 1 aromatic rings. The summed E-state index contributed by atoms with van der Waals surface area (Å²) in [7, 11) is 0. The van der Waals surface area contributed by atoms with E-state index in [1.54, 1.807) is 12.1 Å². The maximum atomic E-state index is 10.4. The average molecular weight is 407 g/mol. The van der Waals surface area contributed by atoms with E-state index in [1.165, 1.54) is 70.6 Å². The van der Waals surface area contributed by atoms with E-state index in [4.69, 9.17) is 4.74 Å². The van der Waals surface area contributed by atoms with E-state index in [9.17, 15) is 15.3 Å². The number of unbranched alkanes of at least 4 members (excludes halogenated alkanes) is 12. The molecule has 0 bridgehead atoms. The molecule has 0 aromatic heterocycles. The molecule has 0 saturated carbocycles. The van der Waals surface area contributed by atoms with Crippen molar-refractivity contribution in [1.82, 2.24) is 0 Å². The fourth-order valence-corrected chi connectivity index (χ4v) is 4.26. The Balaban J connectivity index is 1.54. The van der Waals surface area contributed by atoms with Gasteiger partial charge in [0.1, 0.15) is 5.75 Å². The number of aliphatic hydroxyl groups is 2. The summed E-state index contributed by atoms with van der Waals surface area (Å²) in [5.41, 5.74) is 0.795. The molecule has 1 fully saturated rings. The van der Waals surface area contributed by atoms with E-state index < -0.39 is 12.1 Å². The fraction of sp³-hybridized carbons (Fsp3) is 0.760. The van der Waals surface area contributed by atoms with Crippen molar-refractivity contribution in [3.05, 3.63) is 29.8 Å². The molecule has 1 heterocycles. The van der Waals surface area contributed by atoms with Gasteiger partial charge in [-0.1, -0.05) is 109 Å². The summed E-state index contributed by atoms with van der Waals surface area (Å²) in [6.07, 6.45) is 17.2. The van der Waals surface area contributed by atoms with Gasteiger partial charge in [-0.2, -0.15) is 0 Å². The van der Waals surface area contributed by atoms with Gasteiger partial charge in [-0.3, -0.25) is 0 Å². The number of hydrogen-bond donors (Lipinski definition) is 3. The number of rotatable bonds is 17. The molecule has 1 aliphatic heterocycles. The summed E-state index contributed by atoms with van der Waals surface area (Å²) < 4.78 is 5.07. The second-order valence-electron chi connectivity index (χ2n) is 8.78. The van der Waals surface area contributed by atoms with Crippen molar-refractivity contribution in [3.8, 4) is 5.75 Å². The predicted molar refractivity (Wildman–Crippen MR) is 118 cm³/mol. The Morgan fingerprint density at radius 1 is 0.862 bits per heavy atom. The van der Waals surface area contributed by atoms with Crippen LogP contribution in [-0.4, -0.2) is 27.4 Å². The van der Waals surface area contributed by atoms with Crippen LogP contribution in [0.2, 0.25) is 0 Å². The quantitative estimate of drug-likeness (QED) is 0.217. The number of phenols is 1.